The number of aromatic hydroxyl groups is 1. The molecule has 0 aliphatic rings. The number of hydrogen-bond acceptors (Lipinski definition) is 3. The van der Waals surface area contributed by atoms with Gasteiger partial charge in [0, 0.05) is 12.6 Å². The Hall–Kier alpha value is -2.50. The third-order valence-corrected chi connectivity index (χ3v) is 2.70. The number of hydrogen-bond donors (Lipinski definition) is 3. The molecule has 0 unspecified atom stereocenters. The van der Waals surface area contributed by atoms with Gasteiger partial charge in [0.2, 0.25) is 0 Å². The van der Waals surface area contributed by atoms with E-state index in [1.165, 1.54) is 17.0 Å². The summed E-state index contributed by atoms with van der Waals surface area (Å²) < 4.78 is 0. The lowest BCUT2D eigenvalue weighted by Gasteiger charge is -2.25. The molecule has 0 fully saturated rings. The van der Waals surface area contributed by atoms with Crippen molar-refractivity contribution in [2.75, 3.05) is 11.9 Å². The van der Waals surface area contributed by atoms with Gasteiger partial charge in [-0.05, 0) is 32.0 Å². The average molecular weight is 278 g/mol. The highest BCUT2D eigenvalue weighted by Crippen LogP contribution is 2.24. The number of phenols is 1. The molecule has 0 saturated heterocycles. The van der Waals surface area contributed by atoms with Gasteiger partial charge in [-0.2, -0.15) is 0 Å². The Balaban J connectivity index is 2.89. The number of aromatic carboxylic acids is 1. The lowest BCUT2D eigenvalue weighted by Crippen LogP contribution is -2.40. The van der Waals surface area contributed by atoms with E-state index in [-0.39, 0.29) is 23.0 Å². The SMILES string of the molecule is C=CCN(C(=O)Nc1ccc(C(=O)O)cc1O)C(C)C. The number of carbonyl (C=O) groups excluding carboxylic acids is 1. The smallest absolute Gasteiger partial charge is 0.335 e. The second-order valence-corrected chi connectivity index (χ2v) is 4.50. The summed E-state index contributed by atoms with van der Waals surface area (Å²) in [4.78, 5) is 24.3. The van der Waals surface area contributed by atoms with Crippen LogP contribution in [0.1, 0.15) is 24.2 Å². The van der Waals surface area contributed by atoms with Gasteiger partial charge in [0.15, 0.2) is 0 Å². The number of carboxylic acid groups (broad SMARTS) is 1. The average Bonchev–Trinajstić information content (AvgIpc) is 2.37. The van der Waals surface area contributed by atoms with E-state index >= 15 is 0 Å². The fraction of sp³-hybridized carbons (Fsp3) is 0.286. The topological polar surface area (TPSA) is 89.9 Å². The molecule has 0 aliphatic heterocycles. The number of amides is 2. The molecule has 1 aromatic rings. The summed E-state index contributed by atoms with van der Waals surface area (Å²) in [5.74, 6) is -1.44. The number of rotatable bonds is 5. The molecule has 3 N–H and O–H groups in total. The summed E-state index contributed by atoms with van der Waals surface area (Å²) in [7, 11) is 0. The van der Waals surface area contributed by atoms with Gasteiger partial charge < -0.3 is 20.4 Å². The summed E-state index contributed by atoms with van der Waals surface area (Å²) in [5, 5.41) is 21.1. The van der Waals surface area contributed by atoms with Gasteiger partial charge >= 0.3 is 12.0 Å². The molecule has 0 atom stereocenters. The van der Waals surface area contributed by atoms with Gasteiger partial charge in [0.1, 0.15) is 5.75 Å². The molecule has 6 heteroatoms. The van der Waals surface area contributed by atoms with Gasteiger partial charge in [-0.15, -0.1) is 6.58 Å². The summed E-state index contributed by atoms with van der Waals surface area (Å²) in [6.07, 6.45) is 1.60. The molecule has 0 bridgehead atoms. The molecule has 0 saturated carbocycles. The normalized spacial score (nSPS) is 10.2. The van der Waals surface area contributed by atoms with Crippen LogP contribution in [0.3, 0.4) is 0 Å². The predicted octanol–water partition coefficient (Wildman–Crippen LogP) is 2.52. The van der Waals surface area contributed by atoms with E-state index in [0.29, 0.717) is 6.54 Å². The van der Waals surface area contributed by atoms with E-state index in [9.17, 15) is 14.7 Å². The van der Waals surface area contributed by atoms with E-state index in [2.05, 4.69) is 11.9 Å². The molecule has 0 aliphatic carbocycles. The standard InChI is InChI=1S/C14H18N2O4/c1-4-7-16(9(2)3)14(20)15-11-6-5-10(13(18)19)8-12(11)17/h4-6,8-9,17H,1,7H2,2-3H3,(H,15,20)(H,18,19). The molecule has 20 heavy (non-hydrogen) atoms. The minimum Gasteiger partial charge on any atom is -0.506 e. The fourth-order valence-electron chi connectivity index (χ4n) is 1.62. The van der Waals surface area contributed by atoms with Gasteiger partial charge in [-0.3, -0.25) is 0 Å². The van der Waals surface area contributed by atoms with Gasteiger partial charge in [0.25, 0.3) is 0 Å². The quantitative estimate of drug-likeness (QED) is 0.570. The van der Waals surface area contributed by atoms with E-state index in [1.807, 2.05) is 13.8 Å². The lowest BCUT2D eigenvalue weighted by atomic mass is 10.2. The summed E-state index contributed by atoms with van der Waals surface area (Å²) >= 11 is 0. The zero-order chi connectivity index (χ0) is 15.3. The molecular weight excluding hydrogens is 260 g/mol. The molecule has 0 spiro atoms. The van der Waals surface area contributed by atoms with E-state index in [1.54, 1.807) is 6.08 Å². The summed E-state index contributed by atoms with van der Waals surface area (Å²) in [5.41, 5.74) is 0.113. The second kappa shape index (κ2) is 6.60. The molecule has 0 radical (unpaired) electrons. The van der Waals surface area contributed by atoms with Crippen molar-refractivity contribution in [3.63, 3.8) is 0 Å². The van der Waals surface area contributed by atoms with Gasteiger partial charge in [-0.25, -0.2) is 9.59 Å². The van der Waals surface area contributed by atoms with Crippen molar-refractivity contribution < 1.29 is 19.8 Å². The van der Waals surface area contributed by atoms with Crippen molar-refractivity contribution in [2.45, 2.75) is 19.9 Å². The molecule has 1 rings (SSSR count). The first-order chi connectivity index (χ1) is 9.36. The van der Waals surface area contributed by atoms with E-state index in [4.69, 9.17) is 5.11 Å². The maximum absolute atomic E-state index is 12.1. The minimum atomic E-state index is -1.14. The third kappa shape index (κ3) is 3.74. The zero-order valence-corrected chi connectivity index (χ0v) is 11.5. The van der Waals surface area contributed by atoms with Gasteiger partial charge in [-0.1, -0.05) is 6.08 Å². The van der Waals surface area contributed by atoms with Crippen LogP contribution in [-0.2, 0) is 0 Å². The third-order valence-electron chi connectivity index (χ3n) is 2.70. The molecule has 1 aromatic carbocycles. The highest BCUT2D eigenvalue weighted by atomic mass is 16.4. The summed E-state index contributed by atoms with van der Waals surface area (Å²) in [6.45, 7) is 7.67. The van der Waals surface area contributed by atoms with Crippen molar-refractivity contribution in [2.24, 2.45) is 0 Å². The first kappa shape index (κ1) is 15.6. The largest absolute Gasteiger partial charge is 0.506 e. The fourth-order valence-corrected chi connectivity index (χ4v) is 1.62. The van der Waals surface area contributed by atoms with Crippen molar-refractivity contribution in [3.8, 4) is 5.75 Å². The Morgan fingerprint density at radius 3 is 2.55 bits per heavy atom. The van der Waals surface area contributed by atoms with Crippen LogP contribution in [-0.4, -0.2) is 39.7 Å². The first-order valence-corrected chi connectivity index (χ1v) is 6.11. The zero-order valence-electron chi connectivity index (χ0n) is 11.5. The van der Waals surface area contributed by atoms with Gasteiger partial charge in [0.05, 0.1) is 11.3 Å². The van der Waals surface area contributed by atoms with Crippen molar-refractivity contribution in [1.82, 2.24) is 4.90 Å². The van der Waals surface area contributed by atoms with Crippen LogP contribution in [0.25, 0.3) is 0 Å². The maximum atomic E-state index is 12.1. The summed E-state index contributed by atoms with van der Waals surface area (Å²) in [6, 6.07) is 3.32. The molecule has 6 nitrogen and oxygen atoms in total. The van der Waals surface area contributed by atoms with Crippen LogP contribution >= 0.6 is 0 Å². The number of benzene rings is 1. The van der Waals surface area contributed by atoms with Crippen LogP contribution in [0.5, 0.6) is 5.75 Å². The van der Waals surface area contributed by atoms with Crippen LogP contribution in [0, 0.1) is 0 Å². The minimum absolute atomic E-state index is 0.0339. The van der Waals surface area contributed by atoms with Crippen molar-refractivity contribution in [1.29, 1.82) is 0 Å². The van der Waals surface area contributed by atoms with Crippen LogP contribution in [0.4, 0.5) is 10.5 Å². The number of nitrogens with one attached hydrogen (secondary N) is 1. The lowest BCUT2D eigenvalue weighted by molar-refractivity contribution is 0.0696. The first-order valence-electron chi connectivity index (χ1n) is 6.11. The maximum Gasteiger partial charge on any atom is 0.335 e. The molecular formula is C14H18N2O4. The second-order valence-electron chi connectivity index (χ2n) is 4.50. The number of nitrogens with zero attached hydrogens (tertiary/aromatic N) is 1. The van der Waals surface area contributed by atoms with Crippen LogP contribution in [0.2, 0.25) is 0 Å². The highest BCUT2D eigenvalue weighted by molar-refractivity contribution is 5.93. The molecule has 108 valence electrons. The molecule has 0 aromatic heterocycles. The van der Waals surface area contributed by atoms with Crippen molar-refractivity contribution in [3.05, 3.63) is 36.4 Å². The van der Waals surface area contributed by atoms with Crippen LogP contribution < -0.4 is 5.32 Å². The molecule has 2 amide bonds. The number of phenolic OH excluding ortho intramolecular Hbond substituents is 1. The Morgan fingerprint density at radius 2 is 2.10 bits per heavy atom. The number of carbonyl (C=O) groups is 2. The van der Waals surface area contributed by atoms with E-state index in [0.717, 1.165) is 6.07 Å². The van der Waals surface area contributed by atoms with Crippen molar-refractivity contribution >= 4 is 17.7 Å². The Morgan fingerprint density at radius 1 is 1.45 bits per heavy atom. The Labute approximate surface area is 117 Å². The molecule has 0 heterocycles. The Kier molecular flexibility index (Phi) is 5.14. The monoisotopic (exact) mass is 278 g/mol. The number of urea groups is 1. The predicted molar refractivity (Wildman–Crippen MR) is 76.1 cm³/mol. The van der Waals surface area contributed by atoms with E-state index < -0.39 is 12.0 Å². The highest BCUT2D eigenvalue weighted by Gasteiger charge is 2.17. The Bertz CT molecular complexity index is 526. The van der Waals surface area contributed by atoms with Crippen LogP contribution in [0.15, 0.2) is 30.9 Å². The number of carboxylic acids is 1. The number of anilines is 1.